The fraction of sp³-hybridized carbons (Fsp3) is 0. The monoisotopic (exact) mass is 356 g/mol. The Balaban J connectivity index is 2.01. The number of hydrogen-bond donors (Lipinski definition) is 2. The second-order valence-electron chi connectivity index (χ2n) is 5.08. The van der Waals surface area contributed by atoms with Gasteiger partial charge >= 0.3 is 0 Å². The summed E-state index contributed by atoms with van der Waals surface area (Å²) in [7, 11) is 0. The highest BCUT2D eigenvalue weighted by Crippen LogP contribution is 2.34. The fourth-order valence-corrected chi connectivity index (χ4v) is 2.65. The number of benzene rings is 3. The molecule has 120 valence electrons. The third kappa shape index (κ3) is 3.88. The number of aliphatic imine (C=N–C) groups is 1. The van der Waals surface area contributed by atoms with Gasteiger partial charge in [0.2, 0.25) is 0 Å². The molecule has 0 spiro atoms. The van der Waals surface area contributed by atoms with E-state index in [1.54, 1.807) is 12.1 Å². The van der Waals surface area contributed by atoms with Crippen LogP contribution in [0.3, 0.4) is 0 Å². The van der Waals surface area contributed by atoms with Crippen LogP contribution in [0.2, 0.25) is 10.0 Å². The van der Waals surface area contributed by atoms with Crippen molar-refractivity contribution in [2.24, 2.45) is 4.99 Å². The molecule has 0 saturated heterocycles. The van der Waals surface area contributed by atoms with E-state index in [1.807, 2.05) is 60.7 Å². The van der Waals surface area contributed by atoms with E-state index in [4.69, 9.17) is 23.2 Å². The molecular weight excluding hydrogens is 343 g/mol. The lowest BCUT2D eigenvalue weighted by molar-refractivity contribution is 0.476. The summed E-state index contributed by atoms with van der Waals surface area (Å²) in [4.78, 5) is 4.66. The maximum atomic E-state index is 9.70. The Morgan fingerprint density at radius 3 is 1.96 bits per heavy atom. The molecule has 0 aromatic heterocycles. The zero-order valence-corrected chi connectivity index (χ0v) is 14.1. The van der Waals surface area contributed by atoms with Crippen LogP contribution in [-0.2, 0) is 0 Å². The molecule has 0 aliphatic rings. The number of phenols is 1. The summed E-state index contributed by atoms with van der Waals surface area (Å²) < 4.78 is 0. The molecule has 24 heavy (non-hydrogen) atoms. The van der Waals surface area contributed by atoms with Crippen LogP contribution in [0.1, 0.15) is 5.56 Å². The van der Waals surface area contributed by atoms with Crippen molar-refractivity contribution >= 4 is 40.4 Å². The Hall–Kier alpha value is -2.49. The van der Waals surface area contributed by atoms with Crippen molar-refractivity contribution in [2.45, 2.75) is 0 Å². The van der Waals surface area contributed by atoms with Crippen molar-refractivity contribution in [3.8, 4) is 5.75 Å². The van der Waals surface area contributed by atoms with E-state index in [2.05, 4.69) is 10.3 Å². The van der Waals surface area contributed by atoms with Gasteiger partial charge in [0, 0.05) is 11.3 Å². The topological polar surface area (TPSA) is 44.6 Å². The van der Waals surface area contributed by atoms with Gasteiger partial charge in [-0.15, -0.1) is 0 Å². The van der Waals surface area contributed by atoms with Crippen LogP contribution in [0.5, 0.6) is 5.75 Å². The lowest BCUT2D eigenvalue weighted by Crippen LogP contribution is -2.13. The Bertz CT molecular complexity index is 842. The highest BCUT2D eigenvalue weighted by atomic mass is 35.5. The lowest BCUT2D eigenvalue weighted by atomic mass is 10.2. The normalized spacial score (nSPS) is 11.3. The minimum atomic E-state index is -0.134. The van der Waals surface area contributed by atoms with E-state index >= 15 is 0 Å². The zero-order valence-electron chi connectivity index (χ0n) is 12.6. The molecule has 3 aromatic rings. The van der Waals surface area contributed by atoms with Crippen LogP contribution >= 0.6 is 23.2 Å². The second kappa shape index (κ2) is 7.39. The van der Waals surface area contributed by atoms with Crippen molar-refractivity contribution in [2.75, 3.05) is 5.32 Å². The Morgan fingerprint density at radius 2 is 1.38 bits per heavy atom. The van der Waals surface area contributed by atoms with Gasteiger partial charge in [0.15, 0.2) is 5.75 Å². The number of hydrogen-bond acceptors (Lipinski definition) is 2. The van der Waals surface area contributed by atoms with Gasteiger partial charge < -0.3 is 10.4 Å². The Labute approximate surface area is 150 Å². The highest BCUT2D eigenvalue weighted by Gasteiger charge is 2.10. The van der Waals surface area contributed by atoms with Crippen LogP contribution in [0.25, 0.3) is 0 Å². The number of nitrogens with one attached hydrogen (secondary N) is 1. The van der Waals surface area contributed by atoms with E-state index in [1.165, 1.54) is 0 Å². The minimum Gasteiger partial charge on any atom is -0.505 e. The van der Waals surface area contributed by atoms with E-state index < -0.39 is 0 Å². The van der Waals surface area contributed by atoms with Gasteiger partial charge in [-0.1, -0.05) is 71.7 Å². The number of halogens is 2. The van der Waals surface area contributed by atoms with Crippen LogP contribution < -0.4 is 5.32 Å². The van der Waals surface area contributed by atoms with Gasteiger partial charge in [-0.05, 0) is 24.3 Å². The van der Waals surface area contributed by atoms with Crippen LogP contribution in [0, 0.1) is 0 Å². The van der Waals surface area contributed by atoms with Crippen molar-refractivity contribution < 1.29 is 5.11 Å². The number of rotatable bonds is 3. The average Bonchev–Trinajstić information content (AvgIpc) is 2.61. The smallest absolute Gasteiger partial charge is 0.152 e. The first kappa shape index (κ1) is 16.4. The number of anilines is 1. The SMILES string of the molecule is Oc1c(Cl)cc(NC(=Nc2ccccc2)c2ccccc2)cc1Cl. The first-order chi connectivity index (χ1) is 11.6. The molecule has 0 heterocycles. The van der Waals surface area contributed by atoms with E-state index in [9.17, 15) is 5.11 Å². The van der Waals surface area contributed by atoms with Gasteiger partial charge in [0.25, 0.3) is 0 Å². The van der Waals surface area contributed by atoms with E-state index in [-0.39, 0.29) is 15.8 Å². The molecule has 0 aliphatic carbocycles. The molecule has 0 saturated carbocycles. The molecule has 0 fully saturated rings. The van der Waals surface area contributed by atoms with Gasteiger partial charge in [0.05, 0.1) is 15.7 Å². The Morgan fingerprint density at radius 1 is 0.833 bits per heavy atom. The zero-order chi connectivity index (χ0) is 16.9. The molecule has 3 rings (SSSR count). The summed E-state index contributed by atoms with van der Waals surface area (Å²) in [6, 6.07) is 22.6. The summed E-state index contributed by atoms with van der Waals surface area (Å²) in [5.74, 6) is 0.518. The van der Waals surface area contributed by atoms with Crippen LogP contribution in [-0.4, -0.2) is 10.9 Å². The van der Waals surface area contributed by atoms with Gasteiger partial charge in [-0.25, -0.2) is 4.99 Å². The summed E-state index contributed by atoms with van der Waals surface area (Å²) in [5.41, 5.74) is 2.38. The third-order valence-corrected chi connectivity index (χ3v) is 3.90. The summed E-state index contributed by atoms with van der Waals surface area (Å²) in [5, 5.41) is 13.3. The molecule has 0 atom stereocenters. The van der Waals surface area contributed by atoms with Gasteiger partial charge in [0.1, 0.15) is 5.84 Å². The van der Waals surface area contributed by atoms with Gasteiger partial charge in [-0.3, -0.25) is 0 Å². The molecule has 3 nitrogen and oxygen atoms in total. The molecule has 0 bridgehead atoms. The van der Waals surface area contributed by atoms with Crippen LogP contribution in [0.15, 0.2) is 77.8 Å². The predicted molar refractivity (Wildman–Crippen MR) is 101 cm³/mol. The number of phenolic OH excluding ortho intramolecular Hbond substituents is 1. The first-order valence-corrected chi connectivity index (χ1v) is 8.03. The molecule has 3 aromatic carbocycles. The lowest BCUT2D eigenvalue weighted by Gasteiger charge is -2.12. The molecule has 2 N–H and O–H groups in total. The van der Waals surface area contributed by atoms with Gasteiger partial charge in [-0.2, -0.15) is 0 Å². The molecule has 0 amide bonds. The molecule has 5 heteroatoms. The van der Waals surface area contributed by atoms with Crippen molar-refractivity contribution in [1.82, 2.24) is 0 Å². The molecule has 0 unspecified atom stereocenters. The minimum absolute atomic E-state index is 0.134. The summed E-state index contributed by atoms with van der Waals surface area (Å²) >= 11 is 12.0. The van der Waals surface area contributed by atoms with E-state index in [0.717, 1.165) is 11.3 Å². The number of amidine groups is 1. The Kier molecular flexibility index (Phi) is 5.04. The second-order valence-corrected chi connectivity index (χ2v) is 5.89. The largest absolute Gasteiger partial charge is 0.505 e. The molecule has 0 aliphatic heterocycles. The van der Waals surface area contributed by atoms with Crippen LogP contribution in [0.4, 0.5) is 11.4 Å². The number of aromatic hydroxyl groups is 1. The fourth-order valence-electron chi connectivity index (χ4n) is 2.17. The van der Waals surface area contributed by atoms with Crippen molar-refractivity contribution in [3.05, 3.63) is 88.4 Å². The average molecular weight is 357 g/mol. The quantitative estimate of drug-likeness (QED) is 0.349. The predicted octanol–water partition coefficient (Wildman–Crippen LogP) is 5.89. The van der Waals surface area contributed by atoms with E-state index in [0.29, 0.717) is 11.5 Å². The highest BCUT2D eigenvalue weighted by molar-refractivity contribution is 6.37. The number of para-hydroxylation sites is 1. The third-order valence-electron chi connectivity index (χ3n) is 3.32. The maximum absolute atomic E-state index is 9.70. The number of nitrogens with zero attached hydrogens (tertiary/aromatic N) is 1. The molecule has 0 radical (unpaired) electrons. The summed E-state index contributed by atoms with van der Waals surface area (Å²) in [6.45, 7) is 0. The van der Waals surface area contributed by atoms with Crippen molar-refractivity contribution in [3.63, 3.8) is 0 Å². The molecular formula is C19H14Cl2N2O. The maximum Gasteiger partial charge on any atom is 0.152 e. The standard InChI is InChI=1S/C19H14Cl2N2O/c20-16-11-15(12-17(21)18(16)24)23-19(13-7-3-1-4-8-13)22-14-9-5-2-6-10-14/h1-12,24H,(H,22,23). The first-order valence-electron chi connectivity index (χ1n) is 7.27. The summed E-state index contributed by atoms with van der Waals surface area (Å²) in [6.07, 6.45) is 0. The van der Waals surface area contributed by atoms with Crippen molar-refractivity contribution in [1.29, 1.82) is 0 Å².